The smallest absolute Gasteiger partial charge is 0.242 e. The Hall–Kier alpha value is -0.650. The molecule has 4 nitrogen and oxygen atoms in total. The Kier molecular flexibility index (Phi) is 5.36. The van der Waals surface area contributed by atoms with E-state index in [2.05, 4.69) is 38.5 Å². The summed E-state index contributed by atoms with van der Waals surface area (Å²) in [7, 11) is 0. The van der Waals surface area contributed by atoms with E-state index in [9.17, 15) is 4.79 Å². The number of hydrogen-bond acceptors (Lipinski definition) is 3. The monoisotopic (exact) mass is 319 g/mol. The minimum absolute atomic E-state index is 0. The van der Waals surface area contributed by atoms with E-state index in [0.717, 1.165) is 17.6 Å². The molecule has 0 spiro atoms. The molecule has 0 bridgehead atoms. The Bertz CT molecular complexity index is 402. The molecule has 0 saturated carbocycles. The molecule has 1 aromatic rings. The number of aromatic nitrogens is 1. The molecule has 1 aliphatic rings. The number of amides is 1. The third-order valence-corrected chi connectivity index (χ3v) is 3.08. The molecular weight excluding hydrogens is 305 g/mol. The van der Waals surface area contributed by atoms with Crippen LogP contribution >= 0.6 is 28.3 Å². The standard InChI is InChI=1S/C11H14BrN3O.ClH/c1-7-5-8(13-6-7)11(16)15-10-4-2-3-9(12)14-10;/h2-4,7-8,13H,5-6H2,1H3,(H,14,15,16);1H/t7-,8+;/m1./s1. The van der Waals surface area contributed by atoms with Gasteiger partial charge in [0.2, 0.25) is 5.91 Å². The van der Waals surface area contributed by atoms with Crippen LogP contribution in [-0.4, -0.2) is 23.5 Å². The molecule has 2 atom stereocenters. The van der Waals surface area contributed by atoms with Crippen LogP contribution in [0.15, 0.2) is 22.8 Å². The van der Waals surface area contributed by atoms with Crippen molar-refractivity contribution in [2.24, 2.45) is 5.92 Å². The van der Waals surface area contributed by atoms with E-state index >= 15 is 0 Å². The number of carbonyl (C=O) groups is 1. The quantitative estimate of drug-likeness (QED) is 0.822. The largest absolute Gasteiger partial charge is 0.309 e. The van der Waals surface area contributed by atoms with Gasteiger partial charge in [-0.05, 0) is 46.9 Å². The Labute approximate surface area is 115 Å². The second-order valence-electron chi connectivity index (χ2n) is 4.14. The highest BCUT2D eigenvalue weighted by atomic mass is 79.9. The van der Waals surface area contributed by atoms with Crippen molar-refractivity contribution >= 4 is 40.1 Å². The highest BCUT2D eigenvalue weighted by molar-refractivity contribution is 9.10. The fraction of sp³-hybridized carbons (Fsp3) is 0.455. The zero-order valence-electron chi connectivity index (χ0n) is 9.44. The summed E-state index contributed by atoms with van der Waals surface area (Å²) in [6.45, 7) is 3.04. The molecule has 1 saturated heterocycles. The fourth-order valence-electron chi connectivity index (χ4n) is 1.80. The molecule has 1 aromatic heterocycles. The molecule has 0 unspecified atom stereocenters. The number of rotatable bonds is 2. The van der Waals surface area contributed by atoms with E-state index in [1.807, 2.05) is 12.1 Å². The minimum atomic E-state index is -0.0872. The lowest BCUT2D eigenvalue weighted by molar-refractivity contribution is -0.117. The Morgan fingerprint density at radius 3 is 2.94 bits per heavy atom. The van der Waals surface area contributed by atoms with Crippen LogP contribution in [0.1, 0.15) is 13.3 Å². The average molecular weight is 321 g/mol. The van der Waals surface area contributed by atoms with Gasteiger partial charge in [-0.1, -0.05) is 13.0 Å². The summed E-state index contributed by atoms with van der Waals surface area (Å²) in [5, 5.41) is 5.99. The summed E-state index contributed by atoms with van der Waals surface area (Å²) in [5.74, 6) is 1.14. The first kappa shape index (κ1) is 14.4. The molecule has 1 aliphatic heterocycles. The zero-order chi connectivity index (χ0) is 11.5. The van der Waals surface area contributed by atoms with Gasteiger partial charge in [-0.25, -0.2) is 4.98 Å². The fourth-order valence-corrected chi connectivity index (χ4v) is 2.15. The number of nitrogens with one attached hydrogen (secondary N) is 2. The Morgan fingerprint density at radius 1 is 1.59 bits per heavy atom. The summed E-state index contributed by atoms with van der Waals surface area (Å²) in [5.41, 5.74) is 0. The van der Waals surface area contributed by atoms with Gasteiger partial charge in [-0.2, -0.15) is 0 Å². The summed E-state index contributed by atoms with van der Waals surface area (Å²) >= 11 is 3.27. The predicted octanol–water partition coefficient (Wildman–Crippen LogP) is 2.20. The maximum atomic E-state index is 11.8. The van der Waals surface area contributed by atoms with Crippen LogP contribution < -0.4 is 10.6 Å². The van der Waals surface area contributed by atoms with Crippen LogP contribution in [0.4, 0.5) is 5.82 Å². The van der Waals surface area contributed by atoms with Crippen molar-refractivity contribution in [3.63, 3.8) is 0 Å². The average Bonchev–Trinajstić information content (AvgIpc) is 2.65. The van der Waals surface area contributed by atoms with Gasteiger partial charge in [0.15, 0.2) is 0 Å². The maximum absolute atomic E-state index is 11.8. The Morgan fingerprint density at radius 2 is 2.35 bits per heavy atom. The molecule has 2 heterocycles. The van der Waals surface area contributed by atoms with E-state index in [0.29, 0.717) is 11.7 Å². The first-order valence-electron chi connectivity index (χ1n) is 5.32. The maximum Gasteiger partial charge on any atom is 0.242 e. The van der Waals surface area contributed by atoms with E-state index in [-0.39, 0.29) is 24.4 Å². The molecule has 17 heavy (non-hydrogen) atoms. The van der Waals surface area contributed by atoms with Gasteiger partial charge in [0.1, 0.15) is 10.4 Å². The summed E-state index contributed by atoms with van der Waals surface area (Å²) in [6.07, 6.45) is 0.889. The van der Waals surface area contributed by atoms with E-state index < -0.39 is 0 Å². The van der Waals surface area contributed by atoms with Crippen molar-refractivity contribution < 1.29 is 4.79 Å². The first-order valence-corrected chi connectivity index (χ1v) is 6.11. The van der Waals surface area contributed by atoms with Crippen LogP contribution in [0.25, 0.3) is 0 Å². The molecule has 1 fully saturated rings. The van der Waals surface area contributed by atoms with Gasteiger partial charge in [0, 0.05) is 0 Å². The lowest BCUT2D eigenvalue weighted by Crippen LogP contribution is -2.35. The topological polar surface area (TPSA) is 54.0 Å². The van der Waals surface area contributed by atoms with E-state index in [4.69, 9.17) is 0 Å². The normalized spacial score (nSPS) is 22.9. The minimum Gasteiger partial charge on any atom is -0.309 e. The molecule has 1 amide bonds. The third-order valence-electron chi connectivity index (χ3n) is 2.63. The van der Waals surface area contributed by atoms with Crippen LogP contribution in [0.5, 0.6) is 0 Å². The van der Waals surface area contributed by atoms with Crippen molar-refractivity contribution in [2.75, 3.05) is 11.9 Å². The molecule has 0 radical (unpaired) electrons. The molecular formula is C11H15BrClN3O. The molecule has 94 valence electrons. The lowest BCUT2D eigenvalue weighted by atomic mass is 10.1. The van der Waals surface area contributed by atoms with Crippen LogP contribution in [0, 0.1) is 5.92 Å². The van der Waals surface area contributed by atoms with Crippen molar-refractivity contribution in [1.29, 1.82) is 0 Å². The summed E-state index contributed by atoms with van der Waals surface area (Å²) < 4.78 is 0.720. The third kappa shape index (κ3) is 3.94. The van der Waals surface area contributed by atoms with Gasteiger partial charge in [-0.3, -0.25) is 4.79 Å². The number of hydrogen-bond donors (Lipinski definition) is 2. The van der Waals surface area contributed by atoms with Crippen molar-refractivity contribution in [1.82, 2.24) is 10.3 Å². The van der Waals surface area contributed by atoms with Gasteiger partial charge < -0.3 is 10.6 Å². The highest BCUT2D eigenvalue weighted by Gasteiger charge is 2.26. The summed E-state index contributed by atoms with van der Waals surface area (Å²) in [4.78, 5) is 16.0. The van der Waals surface area contributed by atoms with Crippen molar-refractivity contribution in [3.05, 3.63) is 22.8 Å². The van der Waals surface area contributed by atoms with Gasteiger partial charge >= 0.3 is 0 Å². The molecule has 0 aromatic carbocycles. The van der Waals surface area contributed by atoms with E-state index in [1.165, 1.54) is 0 Å². The SMILES string of the molecule is C[C@H]1CN[C@H](C(=O)Nc2cccc(Br)n2)C1.Cl. The highest BCUT2D eigenvalue weighted by Crippen LogP contribution is 2.15. The number of nitrogens with zero attached hydrogens (tertiary/aromatic N) is 1. The Balaban J connectivity index is 0.00000144. The van der Waals surface area contributed by atoms with Crippen molar-refractivity contribution in [2.45, 2.75) is 19.4 Å². The second kappa shape index (κ2) is 6.33. The molecule has 0 aliphatic carbocycles. The number of carbonyl (C=O) groups excluding carboxylic acids is 1. The number of pyridine rings is 1. The molecule has 2 rings (SSSR count). The molecule has 2 N–H and O–H groups in total. The zero-order valence-corrected chi connectivity index (χ0v) is 11.8. The predicted molar refractivity (Wildman–Crippen MR) is 73.4 cm³/mol. The molecule has 6 heteroatoms. The number of anilines is 1. The van der Waals surface area contributed by atoms with Crippen LogP contribution in [-0.2, 0) is 4.79 Å². The summed E-state index contributed by atoms with van der Waals surface area (Å²) in [6, 6.07) is 5.36. The van der Waals surface area contributed by atoms with Gasteiger partial charge in [-0.15, -0.1) is 12.4 Å². The second-order valence-corrected chi connectivity index (χ2v) is 4.95. The van der Waals surface area contributed by atoms with Crippen molar-refractivity contribution in [3.8, 4) is 0 Å². The number of halogens is 2. The first-order chi connectivity index (χ1) is 7.65. The van der Waals surface area contributed by atoms with Crippen LogP contribution in [0.3, 0.4) is 0 Å². The lowest BCUT2D eigenvalue weighted by Gasteiger charge is -2.10. The van der Waals surface area contributed by atoms with Gasteiger partial charge in [0.05, 0.1) is 6.04 Å². The van der Waals surface area contributed by atoms with E-state index in [1.54, 1.807) is 6.07 Å². The van der Waals surface area contributed by atoms with Crippen LogP contribution in [0.2, 0.25) is 0 Å². The van der Waals surface area contributed by atoms with Gasteiger partial charge in [0.25, 0.3) is 0 Å².